The lowest BCUT2D eigenvalue weighted by Gasteiger charge is -2.37. The number of hydrogen-bond donors (Lipinski definition) is 0. The molecule has 0 heterocycles. The number of carbonyl (C=O) groups excluding carboxylic acids is 1. The number of ether oxygens (including phenoxy) is 2. The number of aryl methyl sites for hydroxylation is 1. The highest BCUT2D eigenvalue weighted by Gasteiger charge is 2.35. The molecule has 252 valence electrons. The van der Waals surface area contributed by atoms with Gasteiger partial charge in [-0.15, -0.1) is 0 Å². The summed E-state index contributed by atoms with van der Waals surface area (Å²) in [6, 6.07) is 7.83. The molecule has 0 saturated heterocycles. The minimum Gasteiger partial charge on any atom is -0.491 e. The monoisotopic (exact) mass is 658 g/mol. The van der Waals surface area contributed by atoms with Crippen molar-refractivity contribution in [2.45, 2.75) is 84.0 Å². The fraction of sp³-hybridized carbons (Fsp3) is 0.447. The molecule has 47 heavy (non-hydrogen) atoms. The van der Waals surface area contributed by atoms with Crippen LogP contribution >= 0.6 is 0 Å². The number of rotatable bonds is 10. The summed E-state index contributed by atoms with van der Waals surface area (Å²) in [7, 11) is 0. The maximum atomic E-state index is 15.1. The van der Waals surface area contributed by atoms with Crippen molar-refractivity contribution in [3.8, 4) is 22.6 Å². The Kier molecular flexibility index (Phi) is 11.4. The van der Waals surface area contributed by atoms with Crippen LogP contribution < -0.4 is 9.47 Å². The van der Waals surface area contributed by atoms with Crippen molar-refractivity contribution >= 4 is 5.97 Å². The van der Waals surface area contributed by atoms with Crippen molar-refractivity contribution in [1.29, 1.82) is 0 Å². The zero-order valence-corrected chi connectivity index (χ0v) is 26.7. The van der Waals surface area contributed by atoms with Crippen molar-refractivity contribution in [2.24, 2.45) is 17.8 Å². The molecule has 5 rings (SSSR count). The van der Waals surface area contributed by atoms with Gasteiger partial charge in [0.1, 0.15) is 0 Å². The van der Waals surface area contributed by atoms with Crippen LogP contribution in [0, 0.1) is 52.7 Å². The van der Waals surface area contributed by atoms with E-state index in [1.807, 2.05) is 13.0 Å². The van der Waals surface area contributed by atoms with Gasteiger partial charge in [0.25, 0.3) is 0 Å². The molecule has 2 aliphatic carbocycles. The molecule has 0 atom stereocenters. The summed E-state index contributed by atoms with van der Waals surface area (Å²) in [5.41, 5.74) is -0.368. The van der Waals surface area contributed by atoms with Crippen molar-refractivity contribution in [3.63, 3.8) is 0 Å². The van der Waals surface area contributed by atoms with Crippen LogP contribution in [0.4, 0.5) is 26.3 Å². The molecule has 0 radical (unpaired) electrons. The maximum Gasteiger partial charge on any atom is 0.314 e. The number of benzene rings is 3. The van der Waals surface area contributed by atoms with Gasteiger partial charge >= 0.3 is 5.97 Å². The summed E-state index contributed by atoms with van der Waals surface area (Å²) >= 11 is 0. The molecule has 3 nitrogen and oxygen atoms in total. The lowest BCUT2D eigenvalue weighted by atomic mass is 9.68. The highest BCUT2D eigenvalue weighted by Crippen LogP contribution is 2.45. The number of allylic oxidation sites excluding steroid dienone is 2. The van der Waals surface area contributed by atoms with E-state index in [2.05, 4.69) is 0 Å². The average Bonchev–Trinajstić information content (AvgIpc) is 3.08. The van der Waals surface area contributed by atoms with Crippen molar-refractivity contribution < 1.29 is 40.6 Å². The van der Waals surface area contributed by atoms with Crippen molar-refractivity contribution in [2.75, 3.05) is 6.61 Å². The Bertz CT molecular complexity index is 1600. The van der Waals surface area contributed by atoms with Gasteiger partial charge in [-0.25, -0.2) is 17.6 Å². The van der Waals surface area contributed by atoms with Crippen LogP contribution in [0.25, 0.3) is 11.1 Å². The SMILES string of the molecule is C/C=C/CCc1ccc(-c2ccc(OC(=O)C3CCC(C4CCC(c5ccc(OCC)c(F)c5F)CC4)CC3)c(F)c2F)c(F)c1F. The molecule has 0 bridgehead atoms. The predicted molar refractivity (Wildman–Crippen MR) is 168 cm³/mol. The van der Waals surface area contributed by atoms with Gasteiger partial charge in [0.05, 0.1) is 12.5 Å². The summed E-state index contributed by atoms with van der Waals surface area (Å²) in [6.07, 6.45) is 10.2. The zero-order valence-electron chi connectivity index (χ0n) is 26.7. The Labute approximate surface area is 272 Å². The second-order valence-electron chi connectivity index (χ2n) is 12.6. The third-order valence-corrected chi connectivity index (χ3v) is 9.89. The van der Waals surface area contributed by atoms with Gasteiger partial charge in [-0.05, 0) is 125 Å². The Morgan fingerprint density at radius 1 is 0.702 bits per heavy atom. The van der Waals surface area contributed by atoms with Gasteiger partial charge < -0.3 is 9.47 Å². The van der Waals surface area contributed by atoms with Gasteiger partial charge in [0.2, 0.25) is 11.6 Å². The van der Waals surface area contributed by atoms with Gasteiger partial charge in [0.15, 0.2) is 34.8 Å². The first kappa shape index (κ1) is 34.6. The average molecular weight is 659 g/mol. The lowest BCUT2D eigenvalue weighted by Crippen LogP contribution is -2.30. The van der Waals surface area contributed by atoms with E-state index in [9.17, 15) is 22.4 Å². The number of halogens is 6. The first-order chi connectivity index (χ1) is 22.6. The molecule has 0 spiro atoms. The van der Waals surface area contributed by atoms with Crippen LogP contribution in [0.15, 0.2) is 48.6 Å². The van der Waals surface area contributed by atoms with E-state index >= 15 is 8.78 Å². The third-order valence-electron chi connectivity index (χ3n) is 9.89. The normalized spacial score (nSPS) is 21.6. The van der Waals surface area contributed by atoms with Crippen LogP contribution in [-0.4, -0.2) is 12.6 Å². The Balaban J connectivity index is 1.15. The van der Waals surface area contributed by atoms with E-state index in [0.717, 1.165) is 50.7 Å². The third kappa shape index (κ3) is 7.54. The molecule has 2 saturated carbocycles. The minimum absolute atomic E-state index is 0.0625. The fourth-order valence-electron chi connectivity index (χ4n) is 7.26. The van der Waals surface area contributed by atoms with E-state index in [4.69, 9.17) is 9.47 Å². The van der Waals surface area contributed by atoms with Gasteiger partial charge in [0, 0.05) is 11.1 Å². The van der Waals surface area contributed by atoms with Gasteiger partial charge in [-0.3, -0.25) is 4.79 Å². The zero-order chi connectivity index (χ0) is 33.7. The quantitative estimate of drug-likeness (QED) is 0.0941. The minimum atomic E-state index is -1.44. The van der Waals surface area contributed by atoms with E-state index < -0.39 is 63.7 Å². The lowest BCUT2D eigenvalue weighted by molar-refractivity contribution is -0.140. The van der Waals surface area contributed by atoms with E-state index in [1.54, 1.807) is 19.1 Å². The summed E-state index contributed by atoms with van der Waals surface area (Å²) in [5, 5.41) is 0. The molecule has 0 aromatic heterocycles. The molecule has 3 aromatic rings. The molecular formula is C38H40F6O3. The molecular weight excluding hydrogens is 618 g/mol. The first-order valence-corrected chi connectivity index (χ1v) is 16.5. The van der Waals surface area contributed by atoms with Crippen LogP contribution in [-0.2, 0) is 11.2 Å². The summed E-state index contributed by atoms with van der Waals surface area (Å²) < 4.78 is 99.2. The highest BCUT2D eigenvalue weighted by molar-refractivity contribution is 5.76. The predicted octanol–water partition coefficient (Wildman–Crippen LogP) is 10.8. The summed E-state index contributed by atoms with van der Waals surface area (Å²) in [4.78, 5) is 12.9. The van der Waals surface area contributed by atoms with Crippen LogP contribution in [0.3, 0.4) is 0 Å². The fourth-order valence-corrected chi connectivity index (χ4v) is 7.26. The van der Waals surface area contributed by atoms with E-state index in [-0.39, 0.29) is 30.3 Å². The van der Waals surface area contributed by atoms with E-state index in [1.165, 1.54) is 18.2 Å². The smallest absolute Gasteiger partial charge is 0.314 e. The molecule has 0 amide bonds. The molecule has 2 aliphatic rings. The van der Waals surface area contributed by atoms with Crippen molar-refractivity contribution in [3.05, 3.63) is 94.6 Å². The summed E-state index contributed by atoms with van der Waals surface area (Å²) in [5.74, 6) is -8.12. The molecule has 0 aliphatic heterocycles. The molecule has 0 unspecified atom stereocenters. The number of hydrogen-bond acceptors (Lipinski definition) is 3. The molecule has 3 aromatic carbocycles. The second kappa shape index (κ2) is 15.4. The second-order valence-corrected chi connectivity index (χ2v) is 12.6. The van der Waals surface area contributed by atoms with Crippen LogP contribution in [0.2, 0.25) is 0 Å². The van der Waals surface area contributed by atoms with Gasteiger partial charge in [-0.2, -0.15) is 8.78 Å². The first-order valence-electron chi connectivity index (χ1n) is 16.5. The van der Waals surface area contributed by atoms with Gasteiger partial charge in [-0.1, -0.05) is 30.4 Å². The number of esters is 1. The number of carbonyl (C=O) groups is 1. The maximum absolute atomic E-state index is 15.1. The standard InChI is InChI=1S/C38H40F6O3/c1-3-5-6-7-25-16-17-28(34(41)32(25)39)29-19-21-31(37(44)35(29)42)47-38(45)26-14-10-23(11-15-26)22-8-12-24(13-9-22)27-18-20-30(46-4-2)36(43)33(27)40/h3,5,16-24,26H,4,6-15H2,1-2H3/b5-3+. The Morgan fingerprint density at radius 3 is 1.91 bits per heavy atom. The Hall–Kier alpha value is -3.75. The molecule has 2 fully saturated rings. The molecule has 0 N–H and O–H groups in total. The Morgan fingerprint density at radius 2 is 1.28 bits per heavy atom. The van der Waals surface area contributed by atoms with Crippen molar-refractivity contribution in [1.82, 2.24) is 0 Å². The molecule has 9 heteroatoms. The van der Waals surface area contributed by atoms with E-state index in [0.29, 0.717) is 36.7 Å². The highest BCUT2D eigenvalue weighted by atomic mass is 19.2. The van der Waals surface area contributed by atoms with Crippen LogP contribution in [0.1, 0.15) is 88.7 Å². The topological polar surface area (TPSA) is 35.5 Å². The summed E-state index contributed by atoms with van der Waals surface area (Å²) in [6.45, 7) is 3.78. The van der Waals surface area contributed by atoms with Crippen LogP contribution in [0.5, 0.6) is 11.5 Å². The largest absolute Gasteiger partial charge is 0.491 e.